The van der Waals surface area contributed by atoms with Crippen LogP contribution in [0.1, 0.15) is 49.1 Å². The van der Waals surface area contributed by atoms with Crippen molar-refractivity contribution in [2.24, 2.45) is 4.99 Å². The van der Waals surface area contributed by atoms with E-state index >= 15 is 0 Å². The van der Waals surface area contributed by atoms with Crippen molar-refractivity contribution in [2.75, 3.05) is 27.2 Å². The molecule has 0 radical (unpaired) electrons. The molecule has 3 rings (SSSR count). The first kappa shape index (κ1) is 18.3. The van der Waals surface area contributed by atoms with E-state index in [0.29, 0.717) is 18.4 Å². The summed E-state index contributed by atoms with van der Waals surface area (Å²) < 4.78 is 10.6. The average Bonchev–Trinajstić information content (AvgIpc) is 3.32. The average molecular weight is 356 g/mol. The summed E-state index contributed by atoms with van der Waals surface area (Å²) >= 11 is 0. The van der Waals surface area contributed by atoms with E-state index in [1.54, 1.807) is 7.11 Å². The Morgan fingerprint density at radius 3 is 2.77 bits per heavy atom. The molecule has 1 N–H and O–H groups in total. The lowest BCUT2D eigenvalue weighted by Gasteiger charge is -2.21. The molecular formula is C20H28N4O2. The summed E-state index contributed by atoms with van der Waals surface area (Å²) in [6.07, 6.45) is 1.12. The van der Waals surface area contributed by atoms with Crippen LogP contribution < -0.4 is 10.1 Å². The van der Waals surface area contributed by atoms with Crippen LogP contribution in [0.25, 0.3) is 0 Å². The largest absolute Gasteiger partial charge is 0.497 e. The highest BCUT2D eigenvalue weighted by Gasteiger charge is 2.26. The molecule has 1 saturated heterocycles. The Morgan fingerprint density at radius 1 is 1.38 bits per heavy atom. The fraction of sp³-hybridized carbons (Fsp3) is 0.500. The molecule has 6 heteroatoms. The second-order valence-electron chi connectivity index (χ2n) is 6.98. The van der Waals surface area contributed by atoms with Gasteiger partial charge in [-0.2, -0.15) is 0 Å². The van der Waals surface area contributed by atoms with Crippen LogP contribution >= 0.6 is 0 Å². The molecule has 2 aromatic rings. The summed E-state index contributed by atoms with van der Waals surface area (Å²) in [6, 6.07) is 10.4. The molecular weight excluding hydrogens is 328 g/mol. The minimum absolute atomic E-state index is 0.371. The number of nitrogens with zero attached hydrogens (tertiary/aromatic N) is 3. The number of nitrogens with one attached hydrogen (secondary N) is 1. The van der Waals surface area contributed by atoms with Crippen molar-refractivity contribution >= 4 is 5.96 Å². The lowest BCUT2D eigenvalue weighted by atomic mass is 9.98. The number of guanidine groups is 1. The van der Waals surface area contributed by atoms with Crippen molar-refractivity contribution in [1.82, 2.24) is 15.4 Å². The lowest BCUT2D eigenvalue weighted by molar-refractivity contribution is 0.369. The monoisotopic (exact) mass is 356 g/mol. The highest BCUT2D eigenvalue weighted by Crippen LogP contribution is 2.28. The molecule has 0 aliphatic carbocycles. The van der Waals surface area contributed by atoms with Crippen molar-refractivity contribution in [3.63, 3.8) is 0 Å². The number of benzene rings is 1. The second kappa shape index (κ2) is 8.25. The molecule has 0 spiro atoms. The number of likely N-dealkylation sites (tertiary alicyclic amines) is 1. The fourth-order valence-corrected chi connectivity index (χ4v) is 3.28. The molecule has 1 atom stereocenters. The first-order chi connectivity index (χ1) is 12.6. The van der Waals surface area contributed by atoms with E-state index in [1.165, 1.54) is 5.56 Å². The van der Waals surface area contributed by atoms with Crippen LogP contribution in [-0.2, 0) is 6.54 Å². The molecule has 1 aliphatic heterocycles. The zero-order valence-corrected chi connectivity index (χ0v) is 16.0. The van der Waals surface area contributed by atoms with Crippen LogP contribution in [0.2, 0.25) is 0 Å². The molecule has 1 aliphatic rings. The quantitative estimate of drug-likeness (QED) is 0.657. The minimum Gasteiger partial charge on any atom is -0.497 e. The van der Waals surface area contributed by atoms with E-state index < -0.39 is 0 Å². The first-order valence-corrected chi connectivity index (χ1v) is 9.15. The molecule has 0 bridgehead atoms. The molecule has 6 nitrogen and oxygen atoms in total. The molecule has 26 heavy (non-hydrogen) atoms. The van der Waals surface area contributed by atoms with Gasteiger partial charge in [0.05, 0.1) is 19.3 Å². The molecule has 1 aromatic heterocycles. The lowest BCUT2D eigenvalue weighted by Crippen LogP contribution is -2.39. The summed E-state index contributed by atoms with van der Waals surface area (Å²) in [5.74, 6) is 3.52. The van der Waals surface area contributed by atoms with Crippen molar-refractivity contribution in [1.29, 1.82) is 0 Å². The number of methoxy groups -OCH3 is 1. The van der Waals surface area contributed by atoms with Gasteiger partial charge in [-0.05, 0) is 30.0 Å². The zero-order valence-electron chi connectivity index (χ0n) is 16.0. The molecule has 2 heterocycles. The topological polar surface area (TPSA) is 62.9 Å². The van der Waals surface area contributed by atoms with Crippen LogP contribution in [0.15, 0.2) is 39.8 Å². The van der Waals surface area contributed by atoms with Gasteiger partial charge in [0, 0.05) is 32.1 Å². The summed E-state index contributed by atoms with van der Waals surface area (Å²) in [4.78, 5) is 6.73. The number of hydrogen-bond donors (Lipinski definition) is 1. The third-order valence-corrected chi connectivity index (χ3v) is 4.88. The number of aliphatic imine (C=N–C) groups is 1. The van der Waals surface area contributed by atoms with Crippen LogP contribution in [0.3, 0.4) is 0 Å². The number of aromatic nitrogens is 1. The highest BCUT2D eigenvalue weighted by molar-refractivity contribution is 5.80. The van der Waals surface area contributed by atoms with E-state index in [0.717, 1.165) is 42.7 Å². The van der Waals surface area contributed by atoms with Crippen molar-refractivity contribution in [3.05, 3.63) is 47.3 Å². The van der Waals surface area contributed by atoms with Gasteiger partial charge in [0.15, 0.2) is 11.7 Å². The van der Waals surface area contributed by atoms with E-state index in [2.05, 4.69) is 46.3 Å². The van der Waals surface area contributed by atoms with Crippen LogP contribution in [0, 0.1) is 0 Å². The fourth-order valence-electron chi connectivity index (χ4n) is 3.28. The van der Waals surface area contributed by atoms with Crippen molar-refractivity contribution in [2.45, 2.75) is 38.6 Å². The normalized spacial score (nSPS) is 17.8. The third kappa shape index (κ3) is 4.18. The standard InChI is InChI=1S/C20H28N4O2/c1-14(2)19-11-18(26-23-19)12-22-20(21-3)24-10-9-16(13-24)15-5-7-17(25-4)8-6-15/h5-8,11,14,16H,9-10,12-13H2,1-4H3,(H,21,22). The van der Waals surface area contributed by atoms with Gasteiger partial charge in [0.25, 0.3) is 0 Å². The van der Waals surface area contributed by atoms with E-state index in [4.69, 9.17) is 9.26 Å². The Bertz CT molecular complexity index is 737. The van der Waals surface area contributed by atoms with Crippen LogP contribution in [0.5, 0.6) is 5.75 Å². The maximum absolute atomic E-state index is 5.40. The Morgan fingerprint density at radius 2 is 2.15 bits per heavy atom. The molecule has 1 fully saturated rings. The Hall–Kier alpha value is -2.50. The van der Waals surface area contributed by atoms with Crippen LogP contribution in [0.4, 0.5) is 0 Å². The molecule has 140 valence electrons. The summed E-state index contributed by atoms with van der Waals surface area (Å²) in [5, 5.41) is 7.50. The Labute approximate surface area is 155 Å². The molecule has 0 saturated carbocycles. The Kier molecular flexibility index (Phi) is 5.81. The zero-order chi connectivity index (χ0) is 18.5. The number of rotatable bonds is 5. The second-order valence-corrected chi connectivity index (χ2v) is 6.98. The van der Waals surface area contributed by atoms with Crippen LogP contribution in [-0.4, -0.2) is 43.3 Å². The molecule has 0 amide bonds. The van der Waals surface area contributed by atoms with Crippen molar-refractivity contribution < 1.29 is 9.26 Å². The minimum atomic E-state index is 0.371. The summed E-state index contributed by atoms with van der Waals surface area (Å²) in [6.45, 7) is 6.76. The number of hydrogen-bond acceptors (Lipinski definition) is 4. The predicted octanol–water partition coefficient (Wildman–Crippen LogP) is 3.37. The summed E-state index contributed by atoms with van der Waals surface area (Å²) in [7, 11) is 3.52. The van der Waals surface area contributed by atoms with Gasteiger partial charge in [0.1, 0.15) is 5.75 Å². The maximum Gasteiger partial charge on any atom is 0.194 e. The first-order valence-electron chi connectivity index (χ1n) is 9.15. The third-order valence-electron chi connectivity index (χ3n) is 4.88. The van der Waals surface area contributed by atoms with Gasteiger partial charge in [0.2, 0.25) is 0 Å². The predicted molar refractivity (Wildman–Crippen MR) is 103 cm³/mol. The van der Waals surface area contributed by atoms with Gasteiger partial charge in [-0.15, -0.1) is 0 Å². The van der Waals surface area contributed by atoms with E-state index in [9.17, 15) is 0 Å². The van der Waals surface area contributed by atoms with Gasteiger partial charge >= 0.3 is 0 Å². The Balaban J connectivity index is 1.56. The SMILES string of the molecule is CN=C(NCc1cc(C(C)C)no1)N1CCC(c2ccc(OC)cc2)C1. The number of ether oxygens (including phenoxy) is 1. The van der Waals surface area contributed by atoms with E-state index in [1.807, 2.05) is 25.2 Å². The highest BCUT2D eigenvalue weighted by atomic mass is 16.5. The van der Waals surface area contributed by atoms with Gasteiger partial charge in [-0.3, -0.25) is 4.99 Å². The van der Waals surface area contributed by atoms with Crippen molar-refractivity contribution in [3.8, 4) is 5.75 Å². The molecule has 1 aromatic carbocycles. The smallest absolute Gasteiger partial charge is 0.194 e. The maximum atomic E-state index is 5.40. The van der Waals surface area contributed by atoms with Gasteiger partial charge in [-0.1, -0.05) is 31.1 Å². The van der Waals surface area contributed by atoms with Gasteiger partial charge in [-0.25, -0.2) is 0 Å². The molecule has 1 unspecified atom stereocenters. The summed E-state index contributed by atoms with van der Waals surface area (Å²) in [5.41, 5.74) is 2.33. The van der Waals surface area contributed by atoms with E-state index in [-0.39, 0.29) is 0 Å². The van der Waals surface area contributed by atoms with Gasteiger partial charge < -0.3 is 19.5 Å².